The Morgan fingerprint density at radius 2 is 1.81 bits per heavy atom. The van der Waals surface area contributed by atoms with Crippen LogP contribution in [0.3, 0.4) is 0 Å². The third-order valence-electron chi connectivity index (χ3n) is 4.45. The van der Waals surface area contributed by atoms with Crippen molar-refractivity contribution in [3.8, 4) is 5.75 Å². The van der Waals surface area contributed by atoms with Crippen LogP contribution in [0, 0.1) is 0 Å². The minimum atomic E-state index is -3.96. The number of rotatable bonds is 8. The van der Waals surface area contributed by atoms with Gasteiger partial charge < -0.3 is 15.2 Å². The molecule has 9 heteroatoms. The number of carbonyl (C=O) groups is 1. The first kappa shape index (κ1) is 22.6. The highest BCUT2D eigenvalue weighted by Crippen LogP contribution is 2.26. The molecular formula is C22H21ClN2O5S. The maximum absolute atomic E-state index is 12.8. The molecule has 0 aliphatic heterocycles. The van der Waals surface area contributed by atoms with Gasteiger partial charge in [-0.1, -0.05) is 41.9 Å². The van der Waals surface area contributed by atoms with E-state index < -0.39 is 22.0 Å². The largest absolute Gasteiger partial charge is 0.495 e. The Kier molecular flexibility index (Phi) is 7.17. The number of anilines is 1. The molecule has 0 aliphatic carbocycles. The van der Waals surface area contributed by atoms with Gasteiger partial charge in [0.05, 0.1) is 23.8 Å². The van der Waals surface area contributed by atoms with Crippen LogP contribution in [0.25, 0.3) is 0 Å². The molecule has 3 rings (SSSR count). The molecule has 0 aromatic heterocycles. The zero-order valence-corrected chi connectivity index (χ0v) is 18.2. The number of sulfonamides is 1. The number of hydrogen-bond acceptors (Lipinski definition) is 5. The number of aliphatic hydroxyl groups excluding tert-OH is 1. The van der Waals surface area contributed by atoms with Crippen LogP contribution >= 0.6 is 11.6 Å². The predicted octanol–water partition coefficient (Wildman–Crippen LogP) is 3.61. The van der Waals surface area contributed by atoms with E-state index in [1.807, 2.05) is 0 Å². The zero-order valence-electron chi connectivity index (χ0n) is 16.6. The highest BCUT2D eigenvalue weighted by Gasteiger charge is 2.19. The molecule has 0 aliphatic rings. The summed E-state index contributed by atoms with van der Waals surface area (Å²) in [7, 11) is -2.51. The van der Waals surface area contributed by atoms with Gasteiger partial charge >= 0.3 is 0 Å². The lowest BCUT2D eigenvalue weighted by Gasteiger charge is -2.14. The fraction of sp³-hybridized carbons (Fsp3) is 0.136. The van der Waals surface area contributed by atoms with Gasteiger partial charge in [0.1, 0.15) is 5.75 Å². The fourth-order valence-corrected chi connectivity index (χ4v) is 4.17. The van der Waals surface area contributed by atoms with Gasteiger partial charge in [-0.2, -0.15) is 0 Å². The van der Waals surface area contributed by atoms with E-state index in [1.165, 1.54) is 31.4 Å². The molecule has 0 saturated carbocycles. The van der Waals surface area contributed by atoms with Crippen LogP contribution < -0.4 is 14.8 Å². The molecule has 0 radical (unpaired) electrons. The molecule has 0 bridgehead atoms. The second kappa shape index (κ2) is 9.82. The number of aliphatic hydroxyl groups is 1. The van der Waals surface area contributed by atoms with E-state index in [9.17, 15) is 18.3 Å². The van der Waals surface area contributed by atoms with Gasteiger partial charge in [0.2, 0.25) is 0 Å². The molecule has 31 heavy (non-hydrogen) atoms. The average molecular weight is 461 g/mol. The minimum Gasteiger partial charge on any atom is -0.495 e. The van der Waals surface area contributed by atoms with Gasteiger partial charge in [-0.05, 0) is 48.0 Å². The summed E-state index contributed by atoms with van der Waals surface area (Å²) in [4.78, 5) is 12.4. The number of amides is 1. The maximum Gasteiger partial charge on any atom is 0.262 e. The SMILES string of the molecule is COc1ccccc1NS(=O)(=O)c1cccc(C(=O)NC[C@H](O)c2cccc(Cl)c2)c1. The predicted molar refractivity (Wildman–Crippen MR) is 119 cm³/mol. The Morgan fingerprint density at radius 1 is 1.06 bits per heavy atom. The second-order valence-corrected chi connectivity index (χ2v) is 8.73. The topological polar surface area (TPSA) is 105 Å². The molecule has 0 spiro atoms. The van der Waals surface area contributed by atoms with E-state index >= 15 is 0 Å². The number of ether oxygens (including phenoxy) is 1. The number of hydrogen-bond donors (Lipinski definition) is 3. The Hall–Kier alpha value is -3.07. The maximum atomic E-state index is 12.8. The summed E-state index contributed by atoms with van der Waals surface area (Å²) in [6.07, 6.45) is -0.957. The van der Waals surface area contributed by atoms with E-state index in [0.29, 0.717) is 16.3 Å². The van der Waals surface area contributed by atoms with Crippen molar-refractivity contribution in [2.75, 3.05) is 18.4 Å². The van der Waals surface area contributed by atoms with Crippen molar-refractivity contribution < 1.29 is 23.1 Å². The molecule has 0 saturated heterocycles. The van der Waals surface area contributed by atoms with E-state index in [1.54, 1.807) is 48.5 Å². The lowest BCUT2D eigenvalue weighted by atomic mass is 10.1. The first-order chi connectivity index (χ1) is 14.8. The van der Waals surface area contributed by atoms with Gasteiger partial charge in [0.15, 0.2) is 0 Å². The molecule has 3 N–H and O–H groups in total. The van der Waals surface area contributed by atoms with Crippen LogP contribution in [-0.2, 0) is 10.0 Å². The normalized spacial score (nSPS) is 12.1. The summed E-state index contributed by atoms with van der Waals surface area (Å²) in [6, 6.07) is 18.9. The molecule has 1 atom stereocenters. The zero-order chi connectivity index (χ0) is 22.4. The molecule has 7 nitrogen and oxygen atoms in total. The highest BCUT2D eigenvalue weighted by atomic mass is 35.5. The van der Waals surface area contributed by atoms with Crippen LogP contribution in [-0.4, -0.2) is 33.1 Å². The summed E-state index contributed by atoms with van der Waals surface area (Å²) in [5.41, 5.74) is 0.982. The molecule has 0 fully saturated rings. The van der Waals surface area contributed by atoms with E-state index in [4.69, 9.17) is 16.3 Å². The molecule has 3 aromatic carbocycles. The standard InChI is InChI=1S/C22H21ClN2O5S/c1-30-21-11-3-2-10-19(21)25-31(28,29)18-9-5-7-16(13-18)22(27)24-14-20(26)15-6-4-8-17(23)12-15/h2-13,20,25-26H,14H2,1H3,(H,24,27)/t20-/m0/s1. The minimum absolute atomic E-state index is 0.0599. The first-order valence-corrected chi connectivity index (χ1v) is 11.1. The molecule has 0 unspecified atom stereocenters. The third kappa shape index (κ3) is 5.75. The van der Waals surface area contributed by atoms with Crippen molar-refractivity contribution in [3.63, 3.8) is 0 Å². The number of benzene rings is 3. The van der Waals surface area contributed by atoms with Crippen molar-refractivity contribution >= 4 is 33.2 Å². The van der Waals surface area contributed by atoms with Crippen LogP contribution in [0.4, 0.5) is 5.69 Å². The Bertz CT molecular complexity index is 1180. The van der Waals surface area contributed by atoms with Crippen LogP contribution in [0.2, 0.25) is 5.02 Å². The summed E-state index contributed by atoms with van der Waals surface area (Å²) in [5, 5.41) is 13.3. The molecule has 3 aromatic rings. The molecular weight excluding hydrogens is 440 g/mol. The monoisotopic (exact) mass is 460 g/mol. The first-order valence-electron chi connectivity index (χ1n) is 9.28. The van der Waals surface area contributed by atoms with E-state index in [2.05, 4.69) is 10.0 Å². The van der Waals surface area contributed by atoms with Gasteiger partial charge in [-0.15, -0.1) is 0 Å². The van der Waals surface area contributed by atoms with Crippen molar-refractivity contribution in [1.29, 1.82) is 0 Å². The van der Waals surface area contributed by atoms with Crippen molar-refractivity contribution in [2.45, 2.75) is 11.0 Å². The van der Waals surface area contributed by atoms with Crippen LogP contribution in [0.15, 0.2) is 77.7 Å². The smallest absolute Gasteiger partial charge is 0.262 e. The van der Waals surface area contributed by atoms with Gasteiger partial charge in [0.25, 0.3) is 15.9 Å². The fourth-order valence-electron chi connectivity index (χ4n) is 2.86. The summed E-state index contributed by atoms with van der Waals surface area (Å²) >= 11 is 5.92. The van der Waals surface area contributed by atoms with Crippen LogP contribution in [0.5, 0.6) is 5.75 Å². The number of methoxy groups -OCH3 is 1. The highest BCUT2D eigenvalue weighted by molar-refractivity contribution is 7.92. The summed E-state index contributed by atoms with van der Waals surface area (Å²) < 4.78 is 33.2. The summed E-state index contributed by atoms with van der Waals surface area (Å²) in [5.74, 6) is -0.148. The molecule has 0 heterocycles. The summed E-state index contributed by atoms with van der Waals surface area (Å²) in [6.45, 7) is -0.0599. The quantitative estimate of drug-likeness (QED) is 0.476. The van der Waals surface area contributed by atoms with E-state index in [0.717, 1.165) is 0 Å². The van der Waals surface area contributed by atoms with E-state index in [-0.39, 0.29) is 22.7 Å². The molecule has 162 valence electrons. The average Bonchev–Trinajstić information content (AvgIpc) is 2.77. The Morgan fingerprint density at radius 3 is 2.55 bits per heavy atom. The third-order valence-corrected chi connectivity index (χ3v) is 6.05. The lowest BCUT2D eigenvalue weighted by molar-refractivity contribution is 0.0916. The van der Waals surface area contributed by atoms with Crippen LogP contribution in [0.1, 0.15) is 22.0 Å². The second-order valence-electron chi connectivity index (χ2n) is 6.61. The Labute approximate surface area is 185 Å². The van der Waals surface area contributed by atoms with Gasteiger partial charge in [-0.25, -0.2) is 8.42 Å². The van der Waals surface area contributed by atoms with Crippen molar-refractivity contribution in [3.05, 3.63) is 88.9 Å². The number of carbonyl (C=O) groups excluding carboxylic acids is 1. The number of nitrogens with one attached hydrogen (secondary N) is 2. The van der Waals surface area contributed by atoms with Gasteiger partial charge in [-0.3, -0.25) is 9.52 Å². The van der Waals surface area contributed by atoms with Crippen molar-refractivity contribution in [1.82, 2.24) is 5.32 Å². The van der Waals surface area contributed by atoms with Crippen molar-refractivity contribution in [2.24, 2.45) is 0 Å². The Balaban J connectivity index is 1.72. The number of halogens is 1. The molecule has 1 amide bonds. The van der Waals surface area contributed by atoms with Gasteiger partial charge in [0, 0.05) is 17.1 Å². The number of para-hydroxylation sites is 2. The lowest BCUT2D eigenvalue weighted by Crippen LogP contribution is -2.28.